The monoisotopic (exact) mass is 337 g/mol. The number of benzene rings is 1. The lowest BCUT2D eigenvalue weighted by Crippen LogP contribution is -2.50. The maximum atomic E-state index is 11.9. The molecule has 1 aromatic carbocycles. The number of hydrogen-bond donors (Lipinski definition) is 2. The van der Waals surface area contributed by atoms with E-state index in [9.17, 15) is 24.5 Å². The molecule has 9 nitrogen and oxygen atoms in total. The van der Waals surface area contributed by atoms with Crippen molar-refractivity contribution in [1.29, 1.82) is 0 Å². The molecular formula is C15H19N3O6. The van der Waals surface area contributed by atoms with Gasteiger partial charge < -0.3 is 10.1 Å². The van der Waals surface area contributed by atoms with E-state index in [-0.39, 0.29) is 17.0 Å². The summed E-state index contributed by atoms with van der Waals surface area (Å²) in [5, 5.41) is 15.4. The van der Waals surface area contributed by atoms with Crippen LogP contribution in [0, 0.1) is 10.1 Å². The Hall–Kier alpha value is -2.97. The minimum Gasteiger partial charge on any atom is -0.480 e. The first kappa shape index (κ1) is 19.1. The van der Waals surface area contributed by atoms with Crippen molar-refractivity contribution in [3.05, 3.63) is 33.9 Å². The van der Waals surface area contributed by atoms with Crippen LogP contribution in [0.1, 0.15) is 38.1 Å². The van der Waals surface area contributed by atoms with E-state index in [1.165, 1.54) is 13.0 Å². The molecule has 0 aromatic heterocycles. The lowest BCUT2D eigenvalue weighted by atomic mass is 10.1. The Bertz CT molecular complexity index is 666. The third-order valence-corrected chi connectivity index (χ3v) is 2.73. The quantitative estimate of drug-likeness (QED) is 0.479. The summed E-state index contributed by atoms with van der Waals surface area (Å²) in [5.74, 6) is -0.707. The average molecular weight is 337 g/mol. The third-order valence-electron chi connectivity index (χ3n) is 2.73. The van der Waals surface area contributed by atoms with Crippen LogP contribution in [0.4, 0.5) is 10.5 Å². The highest BCUT2D eigenvalue weighted by Crippen LogP contribution is 2.23. The zero-order valence-corrected chi connectivity index (χ0v) is 13.8. The second kappa shape index (κ2) is 7.53. The van der Waals surface area contributed by atoms with Gasteiger partial charge in [-0.2, -0.15) is 0 Å². The van der Waals surface area contributed by atoms with E-state index in [2.05, 4.69) is 10.6 Å². The second-order valence-corrected chi connectivity index (χ2v) is 6.05. The molecule has 9 heteroatoms. The van der Waals surface area contributed by atoms with Crippen molar-refractivity contribution >= 4 is 23.9 Å². The number of carbonyl (C=O) groups is 3. The van der Waals surface area contributed by atoms with Crippen LogP contribution in [0.2, 0.25) is 0 Å². The third kappa shape index (κ3) is 5.67. The van der Waals surface area contributed by atoms with E-state index in [4.69, 9.17) is 4.74 Å². The van der Waals surface area contributed by atoms with Crippen molar-refractivity contribution in [3.8, 4) is 5.75 Å². The number of urea groups is 1. The fourth-order valence-corrected chi connectivity index (χ4v) is 1.68. The molecule has 1 rings (SSSR count). The smallest absolute Gasteiger partial charge is 0.321 e. The van der Waals surface area contributed by atoms with E-state index < -0.39 is 28.5 Å². The fraction of sp³-hybridized carbons (Fsp3) is 0.400. The number of carbonyl (C=O) groups excluding carboxylic acids is 3. The summed E-state index contributed by atoms with van der Waals surface area (Å²) in [7, 11) is 0. The van der Waals surface area contributed by atoms with Crippen LogP contribution in [0.3, 0.4) is 0 Å². The summed E-state index contributed by atoms with van der Waals surface area (Å²) in [5.41, 5.74) is -0.855. The molecular weight excluding hydrogens is 318 g/mol. The van der Waals surface area contributed by atoms with Gasteiger partial charge in [-0.3, -0.25) is 25.0 Å². The number of aldehydes is 1. The largest absolute Gasteiger partial charge is 0.480 e. The zero-order chi connectivity index (χ0) is 18.5. The molecule has 1 atom stereocenters. The molecule has 2 N–H and O–H groups in total. The van der Waals surface area contributed by atoms with Crippen molar-refractivity contribution < 1.29 is 24.0 Å². The Morgan fingerprint density at radius 1 is 1.33 bits per heavy atom. The molecule has 0 saturated carbocycles. The molecule has 1 aromatic rings. The first-order valence-electron chi connectivity index (χ1n) is 7.07. The predicted molar refractivity (Wildman–Crippen MR) is 85.0 cm³/mol. The Morgan fingerprint density at radius 3 is 2.46 bits per heavy atom. The highest BCUT2D eigenvalue weighted by Gasteiger charge is 2.22. The number of nitrogens with zero attached hydrogens (tertiary/aromatic N) is 1. The molecule has 0 aliphatic heterocycles. The highest BCUT2D eigenvalue weighted by molar-refractivity contribution is 5.96. The zero-order valence-electron chi connectivity index (χ0n) is 13.8. The van der Waals surface area contributed by atoms with Crippen LogP contribution in [0.25, 0.3) is 0 Å². The van der Waals surface area contributed by atoms with Crippen LogP contribution in [0.5, 0.6) is 5.75 Å². The van der Waals surface area contributed by atoms with Crippen molar-refractivity contribution in [2.24, 2.45) is 0 Å². The first-order chi connectivity index (χ1) is 11.0. The number of rotatable bonds is 5. The summed E-state index contributed by atoms with van der Waals surface area (Å²) in [6.45, 7) is 6.65. The molecule has 24 heavy (non-hydrogen) atoms. The summed E-state index contributed by atoms with van der Waals surface area (Å²) in [6.07, 6.45) is -0.699. The van der Waals surface area contributed by atoms with Gasteiger partial charge >= 0.3 is 6.03 Å². The van der Waals surface area contributed by atoms with Crippen molar-refractivity contribution in [1.82, 2.24) is 10.6 Å². The SMILES string of the molecule is C[C@H](Oc1ccc([N+](=O)[O-])cc1C=O)C(=O)NC(=O)NC(C)(C)C. The number of imide groups is 1. The van der Waals surface area contributed by atoms with E-state index in [0.29, 0.717) is 6.29 Å². The van der Waals surface area contributed by atoms with Gasteiger partial charge in [0.2, 0.25) is 0 Å². The van der Waals surface area contributed by atoms with Gasteiger partial charge in [0.1, 0.15) is 5.75 Å². The standard InChI is InChI=1S/C15H19N3O6/c1-9(13(20)16-14(21)17-15(2,3)4)24-12-6-5-11(18(22)23)7-10(12)8-19/h5-9H,1-4H3,(H2,16,17,20,21)/t9-/m0/s1. The maximum absolute atomic E-state index is 11.9. The number of nitro groups is 1. The normalized spacial score (nSPS) is 12.0. The predicted octanol–water partition coefficient (Wildman–Crippen LogP) is 1.80. The number of amides is 3. The highest BCUT2D eigenvalue weighted by atomic mass is 16.6. The van der Waals surface area contributed by atoms with Gasteiger partial charge in [-0.1, -0.05) is 0 Å². The minimum absolute atomic E-state index is 0.00878. The minimum atomic E-state index is -1.09. The van der Waals surface area contributed by atoms with Crippen molar-refractivity contribution in [3.63, 3.8) is 0 Å². The van der Waals surface area contributed by atoms with Gasteiger partial charge in [0, 0.05) is 17.7 Å². The average Bonchev–Trinajstić information content (AvgIpc) is 2.45. The van der Waals surface area contributed by atoms with Crippen molar-refractivity contribution in [2.75, 3.05) is 0 Å². The Labute approximate surface area is 138 Å². The molecule has 0 saturated heterocycles. The van der Waals surface area contributed by atoms with Crippen LogP contribution >= 0.6 is 0 Å². The van der Waals surface area contributed by atoms with Gasteiger partial charge in [0.15, 0.2) is 12.4 Å². The molecule has 0 aliphatic carbocycles. The second-order valence-electron chi connectivity index (χ2n) is 6.05. The molecule has 130 valence electrons. The van der Waals surface area contributed by atoms with Crippen LogP contribution in [0.15, 0.2) is 18.2 Å². The number of nitrogens with one attached hydrogen (secondary N) is 2. The summed E-state index contributed by atoms with van der Waals surface area (Å²) in [4.78, 5) is 44.6. The number of non-ortho nitro benzene ring substituents is 1. The van der Waals surface area contributed by atoms with E-state index in [1.54, 1.807) is 20.8 Å². The van der Waals surface area contributed by atoms with Gasteiger partial charge in [-0.05, 0) is 33.8 Å². The Balaban J connectivity index is 2.78. The van der Waals surface area contributed by atoms with Crippen molar-refractivity contribution in [2.45, 2.75) is 39.3 Å². The van der Waals surface area contributed by atoms with Gasteiger partial charge in [0.05, 0.1) is 10.5 Å². The van der Waals surface area contributed by atoms with E-state index in [1.807, 2.05) is 0 Å². The van der Waals surface area contributed by atoms with E-state index >= 15 is 0 Å². The summed E-state index contributed by atoms with van der Waals surface area (Å²) in [6, 6.07) is 2.74. The molecule has 0 heterocycles. The lowest BCUT2D eigenvalue weighted by molar-refractivity contribution is -0.384. The number of hydrogen-bond acceptors (Lipinski definition) is 6. The molecule has 0 unspecified atom stereocenters. The Morgan fingerprint density at radius 2 is 1.96 bits per heavy atom. The molecule has 0 fully saturated rings. The van der Waals surface area contributed by atoms with Gasteiger partial charge in [0.25, 0.3) is 11.6 Å². The number of ether oxygens (including phenoxy) is 1. The van der Waals surface area contributed by atoms with E-state index in [0.717, 1.165) is 12.1 Å². The molecule has 0 spiro atoms. The molecule has 0 radical (unpaired) electrons. The fourth-order valence-electron chi connectivity index (χ4n) is 1.68. The van der Waals surface area contributed by atoms with Crippen LogP contribution in [-0.2, 0) is 4.79 Å². The van der Waals surface area contributed by atoms with Crippen LogP contribution in [-0.4, -0.2) is 34.8 Å². The number of nitro benzene ring substituents is 1. The topological polar surface area (TPSA) is 128 Å². The maximum Gasteiger partial charge on any atom is 0.321 e. The summed E-state index contributed by atoms with van der Waals surface area (Å²) >= 11 is 0. The Kier molecular flexibility index (Phi) is 5.99. The summed E-state index contributed by atoms with van der Waals surface area (Å²) < 4.78 is 5.32. The molecule has 0 aliphatic rings. The lowest BCUT2D eigenvalue weighted by Gasteiger charge is -2.21. The van der Waals surface area contributed by atoms with Gasteiger partial charge in [-0.15, -0.1) is 0 Å². The van der Waals surface area contributed by atoms with Crippen LogP contribution < -0.4 is 15.4 Å². The molecule has 0 bridgehead atoms. The van der Waals surface area contributed by atoms with Gasteiger partial charge in [-0.25, -0.2) is 4.79 Å². The first-order valence-corrected chi connectivity index (χ1v) is 7.07. The molecule has 3 amide bonds.